The number of rotatable bonds is 7. The van der Waals surface area contributed by atoms with E-state index < -0.39 is 28.6 Å². The number of esters is 2. The lowest BCUT2D eigenvalue weighted by Gasteiger charge is -2.36. The maximum atomic E-state index is 13.0. The van der Waals surface area contributed by atoms with Gasteiger partial charge in [-0.3, -0.25) is 0 Å². The molecular weight excluding hydrogens is 514 g/mol. The molecule has 0 spiro atoms. The van der Waals surface area contributed by atoms with E-state index in [9.17, 15) is 18.0 Å². The average Bonchev–Trinajstić information content (AvgIpc) is 2.78. The fourth-order valence-electron chi connectivity index (χ4n) is 4.41. The van der Waals surface area contributed by atoms with Crippen LogP contribution in [0.3, 0.4) is 0 Å². The van der Waals surface area contributed by atoms with Gasteiger partial charge in [0.2, 0.25) is 10.0 Å². The van der Waals surface area contributed by atoms with Gasteiger partial charge < -0.3 is 14.2 Å². The van der Waals surface area contributed by atoms with Crippen molar-refractivity contribution in [3.8, 4) is 0 Å². The Bertz CT molecular complexity index is 960. The Hall–Kier alpha value is -1.49. The molecule has 0 amide bonds. The molecule has 8 nitrogen and oxygen atoms in total. The van der Waals surface area contributed by atoms with Crippen molar-refractivity contribution in [1.82, 2.24) is 4.31 Å². The van der Waals surface area contributed by atoms with E-state index in [0.717, 1.165) is 19.3 Å². The second kappa shape index (κ2) is 11.3. The number of carbonyl (C=O) groups is 2. The summed E-state index contributed by atoms with van der Waals surface area (Å²) in [6.45, 7) is 6.99. The lowest BCUT2D eigenvalue weighted by Crippen LogP contribution is -2.40. The van der Waals surface area contributed by atoms with Gasteiger partial charge in [-0.1, -0.05) is 27.2 Å². The van der Waals surface area contributed by atoms with Crippen molar-refractivity contribution in [3.05, 3.63) is 28.2 Å². The third kappa shape index (κ3) is 6.55. The normalized spacial score (nSPS) is 24.5. The Morgan fingerprint density at radius 1 is 1.21 bits per heavy atom. The number of nitrogens with zero attached hydrogens (tertiary/aromatic N) is 1. The number of halogens is 1. The number of carbonyl (C=O) groups excluding carboxylic acids is 2. The monoisotopic (exact) mass is 545 g/mol. The molecule has 1 aliphatic carbocycles. The Morgan fingerprint density at radius 3 is 2.58 bits per heavy atom. The minimum absolute atomic E-state index is 0.0302. The molecule has 1 saturated carbocycles. The average molecular weight is 546 g/mol. The zero-order valence-corrected chi connectivity index (χ0v) is 21.7. The van der Waals surface area contributed by atoms with Crippen molar-refractivity contribution in [2.75, 3.05) is 32.9 Å². The second-order valence-electron chi connectivity index (χ2n) is 9.09. The van der Waals surface area contributed by atoms with Crippen LogP contribution >= 0.6 is 15.9 Å². The van der Waals surface area contributed by atoms with Crippen LogP contribution in [0.25, 0.3) is 0 Å². The number of morpholine rings is 1. The first kappa shape index (κ1) is 26.1. The lowest BCUT2D eigenvalue weighted by atomic mass is 9.75. The summed E-state index contributed by atoms with van der Waals surface area (Å²) < 4.78 is 43.7. The van der Waals surface area contributed by atoms with Gasteiger partial charge in [-0.05, 0) is 64.7 Å². The molecule has 1 aromatic rings. The molecule has 2 fully saturated rings. The third-order valence-corrected chi connectivity index (χ3v) is 9.21. The molecule has 0 aromatic heterocycles. The summed E-state index contributed by atoms with van der Waals surface area (Å²) in [5.74, 6) is -0.204. The third-order valence-electron chi connectivity index (χ3n) is 6.32. The van der Waals surface area contributed by atoms with E-state index in [1.807, 2.05) is 0 Å². The predicted molar refractivity (Wildman–Crippen MR) is 125 cm³/mol. The highest BCUT2D eigenvalue weighted by atomic mass is 79.9. The zero-order chi connectivity index (χ0) is 24.2. The molecule has 1 aliphatic heterocycles. The zero-order valence-electron chi connectivity index (χ0n) is 19.3. The molecule has 1 aromatic carbocycles. The van der Waals surface area contributed by atoms with Crippen molar-refractivity contribution in [1.29, 1.82) is 0 Å². The first-order valence-corrected chi connectivity index (χ1v) is 13.6. The van der Waals surface area contributed by atoms with Crippen LogP contribution in [0.1, 0.15) is 50.4 Å². The van der Waals surface area contributed by atoms with Gasteiger partial charge in [0, 0.05) is 17.6 Å². The standard InChI is InChI=1S/C23H32BrNO7S/c1-15(2)18-6-4-16(3)12-20(18)32-22(26)14-31-23(27)17-5-7-19(24)21(13-17)33(28,29)25-8-10-30-11-9-25/h5,7,13,15-16,18,20H,4,6,8-12,14H2,1-3H3. The Balaban J connectivity index is 1.63. The summed E-state index contributed by atoms with van der Waals surface area (Å²) in [7, 11) is -3.81. The van der Waals surface area contributed by atoms with Crippen LogP contribution in [0, 0.1) is 17.8 Å². The highest BCUT2D eigenvalue weighted by Gasteiger charge is 2.34. The molecule has 3 unspecified atom stereocenters. The van der Waals surface area contributed by atoms with Crippen LogP contribution in [0.5, 0.6) is 0 Å². The summed E-state index contributed by atoms with van der Waals surface area (Å²) in [6.07, 6.45) is 2.75. The molecule has 2 aliphatic rings. The molecule has 33 heavy (non-hydrogen) atoms. The molecule has 0 bridgehead atoms. The summed E-state index contributed by atoms with van der Waals surface area (Å²) in [4.78, 5) is 24.9. The molecule has 3 rings (SSSR count). The fourth-order valence-corrected chi connectivity index (χ4v) is 6.77. The highest BCUT2D eigenvalue weighted by Crippen LogP contribution is 2.35. The van der Waals surface area contributed by atoms with Gasteiger partial charge in [-0.25, -0.2) is 18.0 Å². The van der Waals surface area contributed by atoms with Gasteiger partial charge in [0.05, 0.1) is 23.7 Å². The van der Waals surface area contributed by atoms with E-state index in [1.54, 1.807) is 0 Å². The number of hydrogen-bond donors (Lipinski definition) is 0. The number of hydrogen-bond acceptors (Lipinski definition) is 7. The molecule has 10 heteroatoms. The smallest absolute Gasteiger partial charge is 0.344 e. The predicted octanol–water partition coefficient (Wildman–Crippen LogP) is 3.63. The van der Waals surface area contributed by atoms with Gasteiger partial charge in [0.15, 0.2) is 6.61 Å². The van der Waals surface area contributed by atoms with Crippen molar-refractivity contribution >= 4 is 37.9 Å². The SMILES string of the molecule is CC1CCC(C(C)C)C(OC(=O)COC(=O)c2ccc(Br)c(S(=O)(=O)N3CCOCC3)c2)C1. The van der Waals surface area contributed by atoms with Gasteiger partial charge in [-0.15, -0.1) is 0 Å². The van der Waals surface area contributed by atoms with Crippen LogP contribution < -0.4 is 0 Å². The number of ether oxygens (including phenoxy) is 3. The molecule has 184 valence electrons. The second-order valence-corrected chi connectivity index (χ2v) is 11.9. The van der Waals surface area contributed by atoms with Crippen molar-refractivity contribution in [2.45, 2.75) is 51.0 Å². The van der Waals surface area contributed by atoms with Crippen LogP contribution in [-0.2, 0) is 29.0 Å². The number of benzene rings is 1. The topological polar surface area (TPSA) is 99.2 Å². The van der Waals surface area contributed by atoms with Crippen LogP contribution in [0.15, 0.2) is 27.6 Å². The van der Waals surface area contributed by atoms with Gasteiger partial charge in [0.1, 0.15) is 6.10 Å². The van der Waals surface area contributed by atoms with Crippen LogP contribution in [0.4, 0.5) is 0 Å². The maximum Gasteiger partial charge on any atom is 0.344 e. The van der Waals surface area contributed by atoms with E-state index in [0.29, 0.717) is 35.4 Å². The molecule has 0 radical (unpaired) electrons. The highest BCUT2D eigenvalue weighted by molar-refractivity contribution is 9.10. The van der Waals surface area contributed by atoms with E-state index in [4.69, 9.17) is 14.2 Å². The van der Waals surface area contributed by atoms with Crippen molar-refractivity contribution < 1.29 is 32.2 Å². The number of sulfonamides is 1. The Kier molecular flexibility index (Phi) is 8.94. The van der Waals surface area contributed by atoms with E-state index in [1.165, 1.54) is 22.5 Å². The lowest BCUT2D eigenvalue weighted by molar-refractivity contribution is -0.159. The molecule has 1 heterocycles. The van der Waals surface area contributed by atoms with Gasteiger partial charge in [-0.2, -0.15) is 4.31 Å². The summed E-state index contributed by atoms with van der Waals surface area (Å²) in [6, 6.07) is 4.20. The van der Waals surface area contributed by atoms with E-state index >= 15 is 0 Å². The van der Waals surface area contributed by atoms with Crippen molar-refractivity contribution in [2.24, 2.45) is 17.8 Å². The quantitative estimate of drug-likeness (QED) is 0.482. The fraction of sp³-hybridized carbons (Fsp3) is 0.652. The molecule has 3 atom stereocenters. The molecule has 1 saturated heterocycles. The Labute approximate surface area is 204 Å². The largest absolute Gasteiger partial charge is 0.460 e. The van der Waals surface area contributed by atoms with Crippen LogP contribution in [0.2, 0.25) is 0 Å². The minimum atomic E-state index is -3.81. The first-order valence-electron chi connectivity index (χ1n) is 11.3. The molecule has 0 N–H and O–H groups in total. The summed E-state index contributed by atoms with van der Waals surface area (Å²) in [5.41, 5.74) is 0.0455. The van der Waals surface area contributed by atoms with Gasteiger partial charge in [0.25, 0.3) is 0 Å². The summed E-state index contributed by atoms with van der Waals surface area (Å²) >= 11 is 3.26. The summed E-state index contributed by atoms with van der Waals surface area (Å²) in [5, 5.41) is 0. The minimum Gasteiger partial charge on any atom is -0.460 e. The Morgan fingerprint density at radius 2 is 1.91 bits per heavy atom. The van der Waals surface area contributed by atoms with E-state index in [-0.39, 0.29) is 29.7 Å². The maximum absolute atomic E-state index is 13.0. The van der Waals surface area contributed by atoms with Crippen molar-refractivity contribution in [3.63, 3.8) is 0 Å². The van der Waals surface area contributed by atoms with Crippen LogP contribution in [-0.4, -0.2) is 63.7 Å². The first-order chi connectivity index (χ1) is 15.6. The van der Waals surface area contributed by atoms with Gasteiger partial charge >= 0.3 is 11.9 Å². The molecular formula is C23H32BrNO7S. The van der Waals surface area contributed by atoms with E-state index in [2.05, 4.69) is 36.7 Å².